The molecular formula is C17H23N3O. The summed E-state index contributed by atoms with van der Waals surface area (Å²) in [6.07, 6.45) is 0. The summed E-state index contributed by atoms with van der Waals surface area (Å²) >= 11 is 0. The fourth-order valence-corrected chi connectivity index (χ4v) is 2.80. The molecule has 1 atom stereocenters. The number of nitrogens with one attached hydrogen (secondary N) is 1. The summed E-state index contributed by atoms with van der Waals surface area (Å²) in [4.78, 5) is 0. The third-order valence-corrected chi connectivity index (χ3v) is 3.74. The second-order valence-corrected chi connectivity index (χ2v) is 5.45. The zero-order chi connectivity index (χ0) is 15.6. The number of methoxy groups -OCH3 is 1. The molecule has 0 aliphatic carbocycles. The summed E-state index contributed by atoms with van der Waals surface area (Å²) in [7, 11) is 3.67. The van der Waals surface area contributed by atoms with Crippen LogP contribution >= 0.6 is 0 Å². The molecule has 0 bridgehead atoms. The molecule has 0 aliphatic heterocycles. The Hall–Kier alpha value is -1.94. The molecule has 0 spiro atoms. The van der Waals surface area contributed by atoms with Crippen LogP contribution in [0, 0.1) is 27.7 Å². The maximum atomic E-state index is 5.61. The van der Waals surface area contributed by atoms with Crippen LogP contribution in [-0.4, -0.2) is 24.4 Å². The molecule has 112 valence electrons. The van der Waals surface area contributed by atoms with Crippen LogP contribution in [-0.2, 0) is 0 Å². The van der Waals surface area contributed by atoms with Gasteiger partial charge in [0.05, 0.1) is 24.5 Å². The smallest absolute Gasteiger partial charge is 0.124 e. The lowest BCUT2D eigenvalue weighted by molar-refractivity contribution is 0.404. The number of ether oxygens (including phenoxy) is 1. The van der Waals surface area contributed by atoms with Gasteiger partial charge in [-0.25, -0.2) is 0 Å². The monoisotopic (exact) mass is 285 g/mol. The minimum atomic E-state index is 0.0368. The first-order valence-corrected chi connectivity index (χ1v) is 7.11. The fourth-order valence-electron chi connectivity index (χ4n) is 2.80. The van der Waals surface area contributed by atoms with Gasteiger partial charge in [0.25, 0.3) is 0 Å². The zero-order valence-electron chi connectivity index (χ0n) is 13.6. The number of aromatic nitrogens is 2. The van der Waals surface area contributed by atoms with E-state index >= 15 is 0 Å². The van der Waals surface area contributed by atoms with Crippen LogP contribution in [0.15, 0.2) is 18.2 Å². The Balaban J connectivity index is 2.64. The topological polar surface area (TPSA) is 47.0 Å². The van der Waals surface area contributed by atoms with Gasteiger partial charge in [0, 0.05) is 5.56 Å². The summed E-state index contributed by atoms with van der Waals surface area (Å²) in [6, 6.07) is 6.37. The quantitative estimate of drug-likeness (QED) is 0.938. The second kappa shape index (κ2) is 6.22. The van der Waals surface area contributed by atoms with Crippen LogP contribution in [0.4, 0.5) is 0 Å². The van der Waals surface area contributed by atoms with Crippen molar-refractivity contribution < 1.29 is 4.74 Å². The molecular weight excluding hydrogens is 262 g/mol. The Morgan fingerprint density at radius 2 is 1.76 bits per heavy atom. The normalized spacial score (nSPS) is 12.3. The van der Waals surface area contributed by atoms with Gasteiger partial charge in [-0.05, 0) is 63.6 Å². The van der Waals surface area contributed by atoms with Gasteiger partial charge in [0.15, 0.2) is 0 Å². The van der Waals surface area contributed by atoms with E-state index in [1.807, 2.05) is 20.9 Å². The average molecular weight is 285 g/mol. The highest BCUT2D eigenvalue weighted by molar-refractivity contribution is 5.49. The SMILES string of the molecule is CNC(c1cc(C)nnc1C)c1c(C)cc(C)cc1OC. The molecule has 1 aromatic carbocycles. The molecule has 0 saturated carbocycles. The molecule has 0 radical (unpaired) electrons. The van der Waals surface area contributed by atoms with Crippen LogP contribution in [0.2, 0.25) is 0 Å². The number of aryl methyl sites for hydroxylation is 4. The van der Waals surface area contributed by atoms with Crippen LogP contribution in [0.5, 0.6) is 5.75 Å². The van der Waals surface area contributed by atoms with Gasteiger partial charge in [-0.2, -0.15) is 10.2 Å². The highest BCUT2D eigenvalue weighted by Crippen LogP contribution is 2.34. The van der Waals surface area contributed by atoms with Gasteiger partial charge in [0.2, 0.25) is 0 Å². The van der Waals surface area contributed by atoms with E-state index in [2.05, 4.69) is 47.6 Å². The van der Waals surface area contributed by atoms with Crippen molar-refractivity contribution in [3.05, 3.63) is 51.8 Å². The first-order chi connectivity index (χ1) is 9.97. The van der Waals surface area contributed by atoms with Gasteiger partial charge in [0.1, 0.15) is 5.75 Å². The van der Waals surface area contributed by atoms with Gasteiger partial charge >= 0.3 is 0 Å². The standard InChI is InChI=1S/C17H23N3O/c1-10-7-11(2)16(15(8-10)21-6)17(18-5)14-9-12(3)19-20-13(14)4/h7-9,17-18H,1-6H3. The molecule has 1 N–H and O–H groups in total. The lowest BCUT2D eigenvalue weighted by Gasteiger charge is -2.23. The van der Waals surface area contributed by atoms with Crippen molar-refractivity contribution in [2.75, 3.05) is 14.2 Å². The van der Waals surface area contributed by atoms with E-state index < -0.39 is 0 Å². The average Bonchev–Trinajstić information content (AvgIpc) is 2.44. The first kappa shape index (κ1) is 15.4. The van der Waals surface area contributed by atoms with E-state index in [4.69, 9.17) is 4.74 Å². The number of hydrogen-bond acceptors (Lipinski definition) is 4. The molecule has 1 heterocycles. The molecule has 2 rings (SSSR count). The summed E-state index contributed by atoms with van der Waals surface area (Å²) in [5, 5.41) is 11.8. The van der Waals surface area contributed by atoms with Crippen molar-refractivity contribution in [3.8, 4) is 5.75 Å². The van der Waals surface area contributed by atoms with E-state index in [1.54, 1.807) is 7.11 Å². The summed E-state index contributed by atoms with van der Waals surface area (Å²) in [5.74, 6) is 0.903. The molecule has 0 amide bonds. The fraction of sp³-hybridized carbons (Fsp3) is 0.412. The van der Waals surface area contributed by atoms with Gasteiger partial charge in [-0.3, -0.25) is 0 Å². The Labute approximate surface area is 126 Å². The number of hydrogen-bond donors (Lipinski definition) is 1. The lowest BCUT2D eigenvalue weighted by Crippen LogP contribution is -2.21. The van der Waals surface area contributed by atoms with Gasteiger partial charge < -0.3 is 10.1 Å². The second-order valence-electron chi connectivity index (χ2n) is 5.45. The minimum absolute atomic E-state index is 0.0368. The van der Waals surface area contributed by atoms with E-state index in [0.717, 1.165) is 28.3 Å². The molecule has 4 nitrogen and oxygen atoms in total. The van der Waals surface area contributed by atoms with Crippen molar-refractivity contribution in [1.29, 1.82) is 0 Å². The number of rotatable bonds is 4. The molecule has 1 aromatic heterocycles. The van der Waals surface area contributed by atoms with Crippen molar-refractivity contribution in [2.24, 2.45) is 0 Å². The number of benzene rings is 1. The largest absolute Gasteiger partial charge is 0.496 e. The zero-order valence-corrected chi connectivity index (χ0v) is 13.6. The Morgan fingerprint density at radius 1 is 1.05 bits per heavy atom. The van der Waals surface area contributed by atoms with Gasteiger partial charge in [-0.1, -0.05) is 6.07 Å². The highest BCUT2D eigenvalue weighted by Gasteiger charge is 2.22. The molecule has 0 fully saturated rings. The minimum Gasteiger partial charge on any atom is -0.496 e. The van der Waals surface area contributed by atoms with Crippen LogP contribution in [0.25, 0.3) is 0 Å². The Kier molecular flexibility index (Phi) is 4.58. The first-order valence-electron chi connectivity index (χ1n) is 7.11. The van der Waals surface area contributed by atoms with Crippen LogP contribution in [0.3, 0.4) is 0 Å². The van der Waals surface area contributed by atoms with Crippen LogP contribution < -0.4 is 10.1 Å². The molecule has 21 heavy (non-hydrogen) atoms. The summed E-state index contributed by atoms with van der Waals surface area (Å²) < 4.78 is 5.61. The molecule has 2 aromatic rings. The van der Waals surface area contributed by atoms with Crippen molar-refractivity contribution in [3.63, 3.8) is 0 Å². The summed E-state index contributed by atoms with van der Waals surface area (Å²) in [6.45, 7) is 8.15. The van der Waals surface area contributed by atoms with Crippen molar-refractivity contribution >= 4 is 0 Å². The van der Waals surface area contributed by atoms with Crippen molar-refractivity contribution in [1.82, 2.24) is 15.5 Å². The van der Waals surface area contributed by atoms with Crippen LogP contribution in [0.1, 0.15) is 39.7 Å². The maximum Gasteiger partial charge on any atom is 0.124 e. The Morgan fingerprint density at radius 3 is 2.38 bits per heavy atom. The van der Waals surface area contributed by atoms with Gasteiger partial charge in [-0.15, -0.1) is 0 Å². The number of nitrogens with zero attached hydrogens (tertiary/aromatic N) is 2. The lowest BCUT2D eigenvalue weighted by atomic mass is 9.92. The predicted molar refractivity (Wildman–Crippen MR) is 84.9 cm³/mol. The third-order valence-electron chi connectivity index (χ3n) is 3.74. The molecule has 4 heteroatoms. The third kappa shape index (κ3) is 3.05. The molecule has 1 unspecified atom stereocenters. The van der Waals surface area contributed by atoms with Crippen molar-refractivity contribution in [2.45, 2.75) is 33.7 Å². The van der Waals surface area contributed by atoms with E-state index in [-0.39, 0.29) is 6.04 Å². The molecule has 0 saturated heterocycles. The maximum absolute atomic E-state index is 5.61. The van der Waals surface area contributed by atoms with E-state index in [1.165, 1.54) is 11.1 Å². The molecule has 0 aliphatic rings. The Bertz CT molecular complexity index is 653. The highest BCUT2D eigenvalue weighted by atomic mass is 16.5. The van der Waals surface area contributed by atoms with E-state index in [9.17, 15) is 0 Å². The predicted octanol–water partition coefficient (Wildman–Crippen LogP) is 3.03. The van der Waals surface area contributed by atoms with E-state index in [0.29, 0.717) is 0 Å². The summed E-state index contributed by atoms with van der Waals surface area (Å²) in [5.41, 5.74) is 6.54.